The molecule has 0 saturated carbocycles. The van der Waals surface area contributed by atoms with Crippen molar-refractivity contribution >= 4 is 17.7 Å². The summed E-state index contributed by atoms with van der Waals surface area (Å²) in [6.45, 7) is 2.42. The second-order valence-electron chi connectivity index (χ2n) is 8.74. The van der Waals surface area contributed by atoms with Gasteiger partial charge in [0.05, 0.1) is 23.6 Å². The normalized spacial score (nSPS) is 11.2. The van der Waals surface area contributed by atoms with Crippen LogP contribution in [0.15, 0.2) is 108 Å². The van der Waals surface area contributed by atoms with E-state index in [4.69, 9.17) is 5.10 Å². The summed E-state index contributed by atoms with van der Waals surface area (Å²) in [5.74, 6) is -0.388. The topological polar surface area (TPSA) is 73.8 Å². The van der Waals surface area contributed by atoms with Crippen molar-refractivity contribution in [3.05, 3.63) is 130 Å². The van der Waals surface area contributed by atoms with Crippen LogP contribution in [0.2, 0.25) is 0 Å². The lowest BCUT2D eigenvalue weighted by atomic mass is 10.1. The number of para-hydroxylation sites is 1. The molecule has 2 aromatic heterocycles. The Labute approximate surface area is 214 Å². The van der Waals surface area contributed by atoms with Crippen LogP contribution in [0.1, 0.15) is 16.8 Å². The molecule has 0 atom stereocenters. The Kier molecular flexibility index (Phi) is 6.68. The third kappa shape index (κ3) is 5.06. The van der Waals surface area contributed by atoms with E-state index >= 15 is 0 Å². The largest absolute Gasteiger partial charge is 0.316 e. The zero-order valence-corrected chi connectivity index (χ0v) is 20.7. The van der Waals surface area contributed by atoms with E-state index in [-0.39, 0.29) is 17.2 Å². The Morgan fingerprint density at radius 1 is 0.919 bits per heavy atom. The second kappa shape index (κ2) is 10.4. The molecule has 0 spiro atoms. The van der Waals surface area contributed by atoms with Crippen LogP contribution in [0.4, 0.5) is 5.69 Å². The molecule has 0 unspecified atom stereocenters. The molecule has 0 fully saturated rings. The van der Waals surface area contributed by atoms with E-state index in [2.05, 4.69) is 17.4 Å². The fourth-order valence-corrected chi connectivity index (χ4v) is 4.27. The molecule has 37 heavy (non-hydrogen) atoms. The first kappa shape index (κ1) is 23.8. The van der Waals surface area contributed by atoms with Crippen molar-refractivity contribution in [3.8, 4) is 16.9 Å². The highest BCUT2D eigenvalue weighted by molar-refractivity contribution is 6.02. The predicted molar refractivity (Wildman–Crippen MR) is 147 cm³/mol. The van der Waals surface area contributed by atoms with Crippen molar-refractivity contribution in [2.45, 2.75) is 13.5 Å². The minimum absolute atomic E-state index is 0.254. The zero-order valence-electron chi connectivity index (χ0n) is 20.7. The van der Waals surface area contributed by atoms with E-state index in [1.54, 1.807) is 24.7 Å². The van der Waals surface area contributed by atoms with Gasteiger partial charge in [0.25, 0.3) is 5.56 Å². The van der Waals surface area contributed by atoms with Gasteiger partial charge in [-0.05, 0) is 30.7 Å². The summed E-state index contributed by atoms with van der Waals surface area (Å²) in [5, 5.41) is 7.57. The number of nitrogens with zero attached hydrogens (tertiary/aromatic N) is 4. The monoisotopic (exact) mass is 489 g/mol. The molecule has 5 aromatic rings. The summed E-state index contributed by atoms with van der Waals surface area (Å²) in [6.07, 6.45) is 5.10. The summed E-state index contributed by atoms with van der Waals surface area (Å²) in [4.78, 5) is 26.0. The number of aromatic nitrogens is 4. The lowest BCUT2D eigenvalue weighted by Gasteiger charge is -2.07. The Hall–Kier alpha value is -4.91. The molecule has 2 heterocycles. The summed E-state index contributed by atoms with van der Waals surface area (Å²) >= 11 is 0. The molecule has 7 heteroatoms. The SMILES string of the molecule is Cc1c(NC(=O)/C=C/c2cn(Cc3ccccc3)nc2-c2ccccc2)c(=O)n(-c2ccccc2)n1C. The van der Waals surface area contributed by atoms with Gasteiger partial charge in [0.1, 0.15) is 5.69 Å². The van der Waals surface area contributed by atoms with Crippen LogP contribution in [0.5, 0.6) is 0 Å². The Morgan fingerprint density at radius 3 is 2.22 bits per heavy atom. The minimum Gasteiger partial charge on any atom is -0.316 e. The van der Waals surface area contributed by atoms with E-state index in [1.165, 1.54) is 10.8 Å². The molecule has 0 aliphatic rings. The number of rotatable bonds is 7. The predicted octanol–water partition coefficient (Wildman–Crippen LogP) is 5.05. The summed E-state index contributed by atoms with van der Waals surface area (Å²) in [6, 6.07) is 29.3. The Bertz CT molecular complexity index is 1610. The Balaban J connectivity index is 1.42. The van der Waals surface area contributed by atoms with Crippen LogP contribution in [0.3, 0.4) is 0 Å². The highest BCUT2D eigenvalue weighted by Crippen LogP contribution is 2.24. The van der Waals surface area contributed by atoms with Crippen LogP contribution in [0.25, 0.3) is 23.0 Å². The lowest BCUT2D eigenvalue weighted by molar-refractivity contribution is -0.111. The molecule has 7 nitrogen and oxygen atoms in total. The highest BCUT2D eigenvalue weighted by Gasteiger charge is 2.17. The van der Waals surface area contributed by atoms with E-state index < -0.39 is 0 Å². The molecule has 1 N–H and O–H groups in total. The minimum atomic E-state index is -0.388. The molecule has 0 saturated heterocycles. The summed E-state index contributed by atoms with van der Waals surface area (Å²) in [5.41, 5.74) is 5.04. The average Bonchev–Trinajstić information content (AvgIpc) is 3.42. The van der Waals surface area contributed by atoms with Crippen molar-refractivity contribution < 1.29 is 4.79 Å². The van der Waals surface area contributed by atoms with Gasteiger partial charge in [0, 0.05) is 30.4 Å². The standard InChI is InChI=1S/C30H27N5O2/c1-22-28(30(37)35(33(22)2)26-16-10-5-11-17-26)31-27(36)19-18-25-21-34(20-23-12-6-3-7-13-23)32-29(25)24-14-8-4-9-15-24/h3-19,21H,20H2,1-2H3,(H,31,36)/b19-18+. The zero-order chi connectivity index (χ0) is 25.8. The fourth-order valence-electron chi connectivity index (χ4n) is 4.27. The third-order valence-corrected chi connectivity index (χ3v) is 6.24. The number of carbonyl (C=O) groups is 1. The first-order valence-electron chi connectivity index (χ1n) is 12.0. The van der Waals surface area contributed by atoms with Crippen LogP contribution >= 0.6 is 0 Å². The molecule has 5 rings (SSSR count). The maximum Gasteiger partial charge on any atom is 0.295 e. The number of hydrogen-bond donors (Lipinski definition) is 1. The van der Waals surface area contributed by atoms with Crippen LogP contribution in [-0.2, 0) is 18.4 Å². The number of benzene rings is 3. The van der Waals surface area contributed by atoms with Crippen LogP contribution < -0.4 is 10.9 Å². The van der Waals surface area contributed by atoms with Crippen LogP contribution in [0, 0.1) is 6.92 Å². The maximum absolute atomic E-state index is 13.1. The number of nitrogens with one attached hydrogen (secondary N) is 1. The van der Waals surface area contributed by atoms with Gasteiger partial charge in [-0.15, -0.1) is 0 Å². The number of carbonyl (C=O) groups excluding carboxylic acids is 1. The number of anilines is 1. The third-order valence-electron chi connectivity index (χ3n) is 6.24. The molecule has 0 radical (unpaired) electrons. The van der Waals surface area contributed by atoms with Gasteiger partial charge < -0.3 is 5.32 Å². The van der Waals surface area contributed by atoms with Gasteiger partial charge in [-0.1, -0.05) is 78.9 Å². The van der Waals surface area contributed by atoms with E-state index in [0.717, 1.165) is 28.1 Å². The van der Waals surface area contributed by atoms with Crippen molar-refractivity contribution in [2.75, 3.05) is 5.32 Å². The van der Waals surface area contributed by atoms with Crippen molar-refractivity contribution in [3.63, 3.8) is 0 Å². The molecular formula is C30H27N5O2. The van der Waals surface area contributed by atoms with E-state index in [9.17, 15) is 9.59 Å². The van der Waals surface area contributed by atoms with Gasteiger partial charge in [0.15, 0.2) is 0 Å². The first-order chi connectivity index (χ1) is 18.0. The van der Waals surface area contributed by atoms with Crippen molar-refractivity contribution in [1.29, 1.82) is 0 Å². The molecule has 3 aromatic carbocycles. The molecule has 1 amide bonds. The molecule has 0 aliphatic carbocycles. The van der Waals surface area contributed by atoms with Gasteiger partial charge >= 0.3 is 0 Å². The highest BCUT2D eigenvalue weighted by atomic mass is 16.2. The van der Waals surface area contributed by atoms with E-state index in [1.807, 2.05) is 89.7 Å². The van der Waals surface area contributed by atoms with E-state index in [0.29, 0.717) is 12.2 Å². The maximum atomic E-state index is 13.1. The summed E-state index contributed by atoms with van der Waals surface area (Å²) < 4.78 is 5.14. The summed E-state index contributed by atoms with van der Waals surface area (Å²) in [7, 11) is 1.79. The van der Waals surface area contributed by atoms with Gasteiger partial charge in [-0.3, -0.25) is 19.0 Å². The van der Waals surface area contributed by atoms with Crippen molar-refractivity contribution in [2.24, 2.45) is 7.05 Å². The quantitative estimate of drug-likeness (QED) is 0.325. The molecule has 0 aliphatic heterocycles. The number of hydrogen-bond acceptors (Lipinski definition) is 3. The van der Waals surface area contributed by atoms with Gasteiger partial charge in [-0.2, -0.15) is 5.10 Å². The van der Waals surface area contributed by atoms with Crippen molar-refractivity contribution in [1.82, 2.24) is 19.1 Å². The molecule has 184 valence electrons. The molecule has 0 bridgehead atoms. The lowest BCUT2D eigenvalue weighted by Crippen LogP contribution is -2.22. The first-order valence-corrected chi connectivity index (χ1v) is 12.0. The molecular weight excluding hydrogens is 462 g/mol. The van der Waals surface area contributed by atoms with Gasteiger partial charge in [-0.25, -0.2) is 4.68 Å². The smallest absolute Gasteiger partial charge is 0.295 e. The second-order valence-corrected chi connectivity index (χ2v) is 8.74. The number of amides is 1. The fraction of sp³-hybridized carbons (Fsp3) is 0.100. The Morgan fingerprint density at radius 2 is 1.54 bits per heavy atom. The van der Waals surface area contributed by atoms with Gasteiger partial charge in [0.2, 0.25) is 5.91 Å². The van der Waals surface area contributed by atoms with Crippen LogP contribution in [-0.4, -0.2) is 25.1 Å². The average molecular weight is 490 g/mol.